The maximum atomic E-state index is 12.3. The van der Waals surface area contributed by atoms with Crippen LogP contribution in [-0.2, 0) is 6.54 Å². The molecule has 1 amide bonds. The first kappa shape index (κ1) is 17.8. The first-order valence-corrected chi connectivity index (χ1v) is 8.31. The summed E-state index contributed by atoms with van der Waals surface area (Å²) in [6, 6.07) is 9.05. The van der Waals surface area contributed by atoms with Crippen molar-refractivity contribution < 1.29 is 14.3 Å². The molecule has 0 atom stereocenters. The van der Waals surface area contributed by atoms with Gasteiger partial charge in [0.05, 0.1) is 13.2 Å². The Morgan fingerprint density at radius 2 is 1.83 bits per heavy atom. The van der Waals surface area contributed by atoms with Crippen molar-refractivity contribution in [3.05, 3.63) is 53.9 Å². The van der Waals surface area contributed by atoms with Crippen LogP contribution in [0.25, 0.3) is 0 Å². The fourth-order valence-corrected chi connectivity index (χ4v) is 2.09. The molecule has 5 heteroatoms. The van der Waals surface area contributed by atoms with Crippen LogP contribution in [0.4, 0.5) is 0 Å². The molecule has 0 saturated carbocycles. The third kappa shape index (κ3) is 5.26. The number of pyridine rings is 1. The largest absolute Gasteiger partial charge is 0.490 e. The number of hydrogen-bond donors (Lipinski definition) is 1. The van der Waals surface area contributed by atoms with Gasteiger partial charge in [0.25, 0.3) is 5.91 Å². The molecule has 128 valence electrons. The van der Waals surface area contributed by atoms with Crippen molar-refractivity contribution in [2.24, 2.45) is 0 Å². The van der Waals surface area contributed by atoms with Crippen molar-refractivity contribution in [2.75, 3.05) is 13.2 Å². The average molecular weight is 328 g/mol. The van der Waals surface area contributed by atoms with E-state index in [1.54, 1.807) is 30.6 Å². The second-order valence-electron chi connectivity index (χ2n) is 5.40. The van der Waals surface area contributed by atoms with E-state index in [-0.39, 0.29) is 5.91 Å². The number of nitrogens with zero attached hydrogens (tertiary/aromatic N) is 1. The number of carbonyl (C=O) groups is 1. The number of carbonyl (C=O) groups excluding carboxylic acids is 1. The molecular formula is C19H24N2O3. The average Bonchev–Trinajstić information content (AvgIpc) is 2.63. The lowest BCUT2D eigenvalue weighted by Gasteiger charge is -2.13. The molecule has 1 heterocycles. The SMILES string of the molecule is CCCOc1ccc(C(=O)NCc2cccnc2)cc1OCCC. The van der Waals surface area contributed by atoms with Crippen LogP contribution < -0.4 is 14.8 Å². The Kier molecular flexibility index (Phi) is 7.08. The number of rotatable bonds is 9. The summed E-state index contributed by atoms with van der Waals surface area (Å²) in [6.07, 6.45) is 5.25. The molecule has 1 aromatic carbocycles. The Labute approximate surface area is 143 Å². The molecule has 0 spiro atoms. The summed E-state index contributed by atoms with van der Waals surface area (Å²) in [5, 5.41) is 2.89. The smallest absolute Gasteiger partial charge is 0.251 e. The van der Waals surface area contributed by atoms with Gasteiger partial charge >= 0.3 is 0 Å². The van der Waals surface area contributed by atoms with Gasteiger partial charge in [-0.3, -0.25) is 9.78 Å². The van der Waals surface area contributed by atoms with E-state index in [2.05, 4.69) is 10.3 Å². The van der Waals surface area contributed by atoms with E-state index >= 15 is 0 Å². The Hall–Kier alpha value is -2.56. The third-order valence-electron chi connectivity index (χ3n) is 3.31. The Bertz CT molecular complexity index is 644. The van der Waals surface area contributed by atoms with Gasteiger partial charge < -0.3 is 14.8 Å². The predicted molar refractivity (Wildman–Crippen MR) is 93.4 cm³/mol. The van der Waals surface area contributed by atoms with Crippen LogP contribution in [0.5, 0.6) is 11.5 Å². The molecular weight excluding hydrogens is 304 g/mol. The second-order valence-corrected chi connectivity index (χ2v) is 5.40. The van der Waals surface area contributed by atoms with Crippen LogP contribution in [0.15, 0.2) is 42.7 Å². The third-order valence-corrected chi connectivity index (χ3v) is 3.31. The molecule has 2 rings (SSSR count). The van der Waals surface area contributed by atoms with Crippen molar-refractivity contribution in [1.82, 2.24) is 10.3 Å². The van der Waals surface area contributed by atoms with Gasteiger partial charge in [-0.15, -0.1) is 0 Å². The lowest BCUT2D eigenvalue weighted by Crippen LogP contribution is -2.22. The molecule has 0 bridgehead atoms. The van der Waals surface area contributed by atoms with Gasteiger partial charge in [-0.1, -0.05) is 19.9 Å². The van der Waals surface area contributed by atoms with E-state index in [0.29, 0.717) is 36.8 Å². The predicted octanol–water partition coefficient (Wildman–Crippen LogP) is 3.59. The quantitative estimate of drug-likeness (QED) is 0.764. The van der Waals surface area contributed by atoms with Gasteiger partial charge in [-0.05, 0) is 42.7 Å². The first-order valence-electron chi connectivity index (χ1n) is 8.31. The topological polar surface area (TPSA) is 60.5 Å². The van der Waals surface area contributed by atoms with Gasteiger partial charge in [0.1, 0.15) is 0 Å². The molecule has 24 heavy (non-hydrogen) atoms. The van der Waals surface area contributed by atoms with Gasteiger partial charge in [0.15, 0.2) is 11.5 Å². The lowest BCUT2D eigenvalue weighted by molar-refractivity contribution is 0.0950. The fourth-order valence-electron chi connectivity index (χ4n) is 2.09. The van der Waals surface area contributed by atoms with Gasteiger partial charge in [-0.2, -0.15) is 0 Å². The maximum absolute atomic E-state index is 12.3. The van der Waals surface area contributed by atoms with E-state index in [9.17, 15) is 4.79 Å². The van der Waals surface area contributed by atoms with E-state index in [0.717, 1.165) is 18.4 Å². The highest BCUT2D eigenvalue weighted by Crippen LogP contribution is 2.29. The maximum Gasteiger partial charge on any atom is 0.251 e. The number of amides is 1. The molecule has 0 aliphatic carbocycles. The molecule has 0 radical (unpaired) electrons. The molecule has 0 unspecified atom stereocenters. The zero-order chi connectivity index (χ0) is 17.2. The molecule has 5 nitrogen and oxygen atoms in total. The first-order chi connectivity index (χ1) is 11.7. The molecule has 1 aromatic heterocycles. The van der Waals surface area contributed by atoms with Gasteiger partial charge in [0, 0.05) is 24.5 Å². The Balaban J connectivity index is 2.06. The van der Waals surface area contributed by atoms with Crippen LogP contribution in [0.1, 0.15) is 42.6 Å². The standard InChI is InChI=1S/C19H24N2O3/c1-3-10-23-17-8-7-16(12-18(17)24-11-4-2)19(22)21-14-15-6-5-9-20-13-15/h5-9,12-13H,3-4,10-11,14H2,1-2H3,(H,21,22). The minimum Gasteiger partial charge on any atom is -0.490 e. The summed E-state index contributed by atoms with van der Waals surface area (Å²) in [5.74, 6) is 1.13. The summed E-state index contributed by atoms with van der Waals surface area (Å²) < 4.78 is 11.4. The molecule has 0 saturated heterocycles. The Morgan fingerprint density at radius 3 is 2.50 bits per heavy atom. The van der Waals surface area contributed by atoms with Crippen molar-refractivity contribution in [1.29, 1.82) is 0 Å². The Morgan fingerprint density at radius 1 is 1.08 bits per heavy atom. The second kappa shape index (κ2) is 9.55. The monoisotopic (exact) mass is 328 g/mol. The minimum absolute atomic E-state index is 0.151. The van der Waals surface area contributed by atoms with E-state index < -0.39 is 0 Å². The number of ether oxygens (including phenoxy) is 2. The van der Waals surface area contributed by atoms with Crippen molar-refractivity contribution in [3.63, 3.8) is 0 Å². The van der Waals surface area contributed by atoms with Crippen molar-refractivity contribution >= 4 is 5.91 Å². The molecule has 2 aromatic rings. The zero-order valence-electron chi connectivity index (χ0n) is 14.2. The summed E-state index contributed by atoms with van der Waals surface area (Å²) in [6.45, 7) is 5.73. The van der Waals surface area contributed by atoms with Crippen molar-refractivity contribution in [3.8, 4) is 11.5 Å². The lowest BCUT2D eigenvalue weighted by atomic mass is 10.1. The minimum atomic E-state index is -0.151. The zero-order valence-corrected chi connectivity index (χ0v) is 14.2. The summed E-state index contributed by atoms with van der Waals surface area (Å²) >= 11 is 0. The number of hydrogen-bond acceptors (Lipinski definition) is 4. The molecule has 0 fully saturated rings. The normalized spacial score (nSPS) is 10.2. The summed E-state index contributed by atoms with van der Waals surface area (Å²) in [7, 11) is 0. The van der Waals surface area contributed by atoms with Gasteiger partial charge in [-0.25, -0.2) is 0 Å². The van der Waals surface area contributed by atoms with Crippen LogP contribution in [0.3, 0.4) is 0 Å². The van der Waals surface area contributed by atoms with E-state index in [4.69, 9.17) is 9.47 Å². The number of nitrogens with one attached hydrogen (secondary N) is 1. The number of aromatic nitrogens is 1. The van der Waals surface area contributed by atoms with Crippen LogP contribution in [0.2, 0.25) is 0 Å². The summed E-state index contributed by atoms with van der Waals surface area (Å²) in [4.78, 5) is 16.4. The highest BCUT2D eigenvalue weighted by Gasteiger charge is 2.11. The summed E-state index contributed by atoms with van der Waals surface area (Å²) in [5.41, 5.74) is 1.50. The van der Waals surface area contributed by atoms with Crippen LogP contribution >= 0.6 is 0 Å². The highest BCUT2D eigenvalue weighted by atomic mass is 16.5. The fraction of sp³-hybridized carbons (Fsp3) is 0.368. The van der Waals surface area contributed by atoms with Crippen molar-refractivity contribution in [2.45, 2.75) is 33.2 Å². The highest BCUT2D eigenvalue weighted by molar-refractivity contribution is 5.94. The number of benzene rings is 1. The molecule has 0 aliphatic rings. The van der Waals surface area contributed by atoms with Crippen LogP contribution in [0, 0.1) is 0 Å². The van der Waals surface area contributed by atoms with Gasteiger partial charge in [0.2, 0.25) is 0 Å². The van der Waals surface area contributed by atoms with E-state index in [1.807, 2.05) is 26.0 Å². The van der Waals surface area contributed by atoms with Crippen LogP contribution in [-0.4, -0.2) is 24.1 Å². The van der Waals surface area contributed by atoms with E-state index in [1.165, 1.54) is 0 Å². The molecule has 1 N–H and O–H groups in total. The molecule has 0 aliphatic heterocycles.